The first-order valence-electron chi connectivity index (χ1n) is 7.83. The third kappa shape index (κ3) is 5.03. The lowest BCUT2D eigenvalue weighted by Crippen LogP contribution is -2.38. The Morgan fingerprint density at radius 1 is 1.26 bits per heavy atom. The maximum absolute atomic E-state index is 12.3. The smallest absolute Gasteiger partial charge is 0.305 e. The molecule has 1 aromatic carbocycles. The van der Waals surface area contributed by atoms with Crippen molar-refractivity contribution in [1.82, 2.24) is 9.88 Å². The Morgan fingerprint density at radius 3 is 2.65 bits per heavy atom. The number of carbonyl (C=O) groups is 2. The highest BCUT2D eigenvalue weighted by Crippen LogP contribution is 2.22. The van der Waals surface area contributed by atoms with Gasteiger partial charge in [0.1, 0.15) is 0 Å². The number of rotatable bonds is 8. The predicted octanol–water partition coefficient (Wildman–Crippen LogP) is 3.33. The molecule has 0 spiro atoms. The van der Waals surface area contributed by atoms with Gasteiger partial charge in [0.25, 0.3) is 0 Å². The first kappa shape index (κ1) is 17.4. The van der Waals surface area contributed by atoms with Crippen molar-refractivity contribution in [3.05, 3.63) is 29.3 Å². The number of benzene rings is 1. The summed E-state index contributed by atoms with van der Waals surface area (Å²) in [5.74, 6) is -0.861. The standard InChI is InChI=1S/C17H22N2O3S/c1-12(2)19(11-10-17(21)22)16(20)9-5-8-15-18-13-6-3-4-7-14(13)23-15/h3-4,6-7,12H,5,8-11H2,1-2H3,(H,21,22). The van der Waals surface area contributed by atoms with Crippen LogP contribution in [-0.2, 0) is 16.0 Å². The molecule has 1 N–H and O–H groups in total. The van der Waals surface area contributed by atoms with E-state index in [0.29, 0.717) is 6.42 Å². The summed E-state index contributed by atoms with van der Waals surface area (Å²) in [4.78, 5) is 29.2. The van der Waals surface area contributed by atoms with Crippen LogP contribution in [0.15, 0.2) is 24.3 Å². The van der Waals surface area contributed by atoms with Crippen molar-refractivity contribution in [2.75, 3.05) is 6.54 Å². The summed E-state index contributed by atoms with van der Waals surface area (Å²) in [5, 5.41) is 9.82. The van der Waals surface area contributed by atoms with Crippen LogP contribution in [0.4, 0.5) is 0 Å². The van der Waals surface area contributed by atoms with Gasteiger partial charge in [-0.05, 0) is 38.8 Å². The van der Waals surface area contributed by atoms with E-state index in [1.807, 2.05) is 38.1 Å². The first-order valence-corrected chi connectivity index (χ1v) is 8.64. The van der Waals surface area contributed by atoms with Crippen LogP contribution in [0, 0.1) is 0 Å². The minimum atomic E-state index is -0.877. The molecule has 0 aliphatic rings. The summed E-state index contributed by atoms with van der Waals surface area (Å²) in [7, 11) is 0. The van der Waals surface area contributed by atoms with Gasteiger partial charge in [0, 0.05) is 19.0 Å². The summed E-state index contributed by atoms with van der Waals surface area (Å²) in [6.45, 7) is 4.09. The van der Waals surface area contributed by atoms with E-state index in [4.69, 9.17) is 5.11 Å². The highest BCUT2D eigenvalue weighted by atomic mass is 32.1. The average Bonchev–Trinajstić information content (AvgIpc) is 2.89. The van der Waals surface area contributed by atoms with Gasteiger partial charge in [0.05, 0.1) is 21.6 Å². The Bertz CT molecular complexity index is 648. The molecule has 124 valence electrons. The number of hydrogen-bond acceptors (Lipinski definition) is 4. The molecular weight excluding hydrogens is 312 g/mol. The predicted molar refractivity (Wildman–Crippen MR) is 91.7 cm³/mol. The maximum atomic E-state index is 12.3. The lowest BCUT2D eigenvalue weighted by atomic mass is 10.2. The quantitative estimate of drug-likeness (QED) is 0.804. The Morgan fingerprint density at radius 2 is 2.00 bits per heavy atom. The van der Waals surface area contributed by atoms with Crippen LogP contribution < -0.4 is 0 Å². The normalized spacial score (nSPS) is 11.1. The Labute approximate surface area is 139 Å². The average molecular weight is 334 g/mol. The number of carbonyl (C=O) groups excluding carboxylic acids is 1. The van der Waals surface area contributed by atoms with Crippen molar-refractivity contribution < 1.29 is 14.7 Å². The zero-order chi connectivity index (χ0) is 16.8. The van der Waals surface area contributed by atoms with Crippen LogP contribution in [-0.4, -0.2) is 39.5 Å². The van der Waals surface area contributed by atoms with Crippen molar-refractivity contribution in [1.29, 1.82) is 0 Å². The fraction of sp³-hybridized carbons (Fsp3) is 0.471. The maximum Gasteiger partial charge on any atom is 0.305 e. The molecule has 0 bridgehead atoms. The van der Waals surface area contributed by atoms with Crippen LogP contribution in [0.5, 0.6) is 0 Å². The third-order valence-corrected chi connectivity index (χ3v) is 4.73. The van der Waals surface area contributed by atoms with Crippen LogP contribution in [0.25, 0.3) is 10.2 Å². The minimum absolute atomic E-state index is 0.0121. The number of carboxylic acid groups (broad SMARTS) is 1. The van der Waals surface area contributed by atoms with Gasteiger partial charge in [-0.3, -0.25) is 9.59 Å². The van der Waals surface area contributed by atoms with Crippen molar-refractivity contribution in [2.24, 2.45) is 0 Å². The molecule has 23 heavy (non-hydrogen) atoms. The molecule has 1 amide bonds. The molecule has 0 unspecified atom stereocenters. The van der Waals surface area contributed by atoms with E-state index in [1.165, 1.54) is 4.70 Å². The summed E-state index contributed by atoms with van der Waals surface area (Å²) < 4.78 is 1.17. The van der Waals surface area contributed by atoms with Gasteiger partial charge in [-0.15, -0.1) is 11.3 Å². The number of aryl methyl sites for hydroxylation is 1. The van der Waals surface area contributed by atoms with Gasteiger partial charge in [-0.1, -0.05) is 12.1 Å². The van der Waals surface area contributed by atoms with Crippen LogP contribution in [0.3, 0.4) is 0 Å². The lowest BCUT2D eigenvalue weighted by molar-refractivity contribution is -0.139. The number of fused-ring (bicyclic) bond motifs is 1. The fourth-order valence-corrected chi connectivity index (χ4v) is 3.46. The molecule has 0 fully saturated rings. The molecule has 0 radical (unpaired) electrons. The van der Waals surface area contributed by atoms with Gasteiger partial charge in [0.2, 0.25) is 5.91 Å². The second-order valence-corrected chi connectivity index (χ2v) is 6.87. The zero-order valence-corrected chi connectivity index (χ0v) is 14.3. The van der Waals surface area contributed by atoms with Gasteiger partial charge >= 0.3 is 5.97 Å². The summed E-state index contributed by atoms with van der Waals surface area (Å²) in [5.41, 5.74) is 1.00. The number of carboxylic acids is 1. The number of aromatic nitrogens is 1. The molecule has 0 aliphatic carbocycles. The van der Waals surface area contributed by atoms with Gasteiger partial charge in [-0.2, -0.15) is 0 Å². The molecule has 0 saturated heterocycles. The third-order valence-electron chi connectivity index (χ3n) is 3.63. The molecule has 0 saturated carbocycles. The Kier molecular flexibility index (Phi) is 6.10. The Hall–Kier alpha value is -1.95. The molecular formula is C17H22N2O3S. The number of nitrogens with zero attached hydrogens (tertiary/aromatic N) is 2. The Balaban J connectivity index is 1.85. The van der Waals surface area contributed by atoms with Crippen molar-refractivity contribution in [3.8, 4) is 0 Å². The van der Waals surface area contributed by atoms with E-state index in [-0.39, 0.29) is 24.9 Å². The van der Waals surface area contributed by atoms with E-state index in [1.54, 1.807) is 16.2 Å². The number of amides is 1. The minimum Gasteiger partial charge on any atom is -0.481 e. The lowest BCUT2D eigenvalue weighted by Gasteiger charge is -2.26. The SMILES string of the molecule is CC(C)N(CCC(=O)O)C(=O)CCCc1nc2ccccc2s1. The van der Waals surface area contributed by atoms with Crippen molar-refractivity contribution in [3.63, 3.8) is 0 Å². The molecule has 5 nitrogen and oxygen atoms in total. The van der Waals surface area contributed by atoms with Gasteiger partial charge in [-0.25, -0.2) is 4.98 Å². The van der Waals surface area contributed by atoms with Crippen LogP contribution in [0.2, 0.25) is 0 Å². The van der Waals surface area contributed by atoms with Crippen molar-refractivity contribution >= 4 is 33.4 Å². The highest BCUT2D eigenvalue weighted by molar-refractivity contribution is 7.18. The van der Waals surface area contributed by atoms with E-state index in [9.17, 15) is 9.59 Å². The number of hydrogen-bond donors (Lipinski definition) is 1. The zero-order valence-electron chi connectivity index (χ0n) is 13.5. The first-order chi connectivity index (χ1) is 11.0. The fourth-order valence-electron chi connectivity index (χ4n) is 2.45. The highest BCUT2D eigenvalue weighted by Gasteiger charge is 2.17. The summed E-state index contributed by atoms with van der Waals surface area (Å²) in [6, 6.07) is 8.03. The second-order valence-electron chi connectivity index (χ2n) is 5.75. The van der Waals surface area contributed by atoms with Crippen LogP contribution >= 0.6 is 11.3 Å². The largest absolute Gasteiger partial charge is 0.481 e. The summed E-state index contributed by atoms with van der Waals surface area (Å²) in [6.07, 6.45) is 1.92. The monoisotopic (exact) mass is 334 g/mol. The molecule has 1 heterocycles. The van der Waals surface area contributed by atoms with E-state index in [2.05, 4.69) is 4.98 Å². The van der Waals surface area contributed by atoms with E-state index >= 15 is 0 Å². The number of para-hydroxylation sites is 1. The number of thiazole rings is 1. The van der Waals surface area contributed by atoms with Gasteiger partial charge < -0.3 is 10.0 Å². The molecule has 1 aromatic heterocycles. The van der Waals surface area contributed by atoms with Crippen LogP contribution in [0.1, 0.15) is 38.1 Å². The van der Waals surface area contributed by atoms with E-state index < -0.39 is 5.97 Å². The van der Waals surface area contributed by atoms with Gasteiger partial charge in [0.15, 0.2) is 0 Å². The molecule has 0 aliphatic heterocycles. The molecule has 2 rings (SSSR count). The van der Waals surface area contributed by atoms with Crippen molar-refractivity contribution in [2.45, 2.75) is 45.6 Å². The second kappa shape index (κ2) is 8.06. The van der Waals surface area contributed by atoms with E-state index in [0.717, 1.165) is 23.4 Å². The number of aliphatic carboxylic acids is 1. The molecule has 2 aromatic rings. The molecule has 6 heteroatoms. The molecule has 0 atom stereocenters. The summed E-state index contributed by atoms with van der Waals surface area (Å²) >= 11 is 1.66. The topological polar surface area (TPSA) is 70.5 Å².